The number of nitrogens with one attached hydrogen (secondary N) is 2. The number of urea groups is 1. The Balaban J connectivity index is 1.76. The SMILES string of the molecule is Cc1cccc(OCCNC(=O)Nc2c(Cl)cccc2Cl)c1. The Morgan fingerprint density at radius 3 is 2.50 bits per heavy atom. The van der Waals surface area contributed by atoms with Gasteiger partial charge in [0.05, 0.1) is 22.3 Å². The largest absolute Gasteiger partial charge is 0.492 e. The van der Waals surface area contributed by atoms with Gasteiger partial charge in [-0.15, -0.1) is 0 Å². The van der Waals surface area contributed by atoms with Crippen molar-refractivity contribution in [1.82, 2.24) is 5.32 Å². The van der Waals surface area contributed by atoms with Crippen LogP contribution in [0.4, 0.5) is 10.5 Å². The smallest absolute Gasteiger partial charge is 0.319 e. The van der Waals surface area contributed by atoms with Gasteiger partial charge in [-0.3, -0.25) is 0 Å². The molecule has 0 saturated heterocycles. The second kappa shape index (κ2) is 7.92. The Bertz CT molecular complexity index is 642. The van der Waals surface area contributed by atoms with Crippen LogP contribution >= 0.6 is 23.2 Å². The van der Waals surface area contributed by atoms with Gasteiger partial charge in [-0.05, 0) is 36.8 Å². The number of rotatable bonds is 5. The lowest BCUT2D eigenvalue weighted by molar-refractivity contribution is 0.247. The quantitative estimate of drug-likeness (QED) is 0.788. The average molecular weight is 339 g/mol. The Morgan fingerprint density at radius 1 is 1.14 bits per heavy atom. The van der Waals surface area contributed by atoms with Crippen LogP contribution in [0, 0.1) is 6.92 Å². The highest BCUT2D eigenvalue weighted by Crippen LogP contribution is 2.29. The molecule has 2 N–H and O–H groups in total. The Labute approximate surface area is 139 Å². The van der Waals surface area contributed by atoms with Crippen molar-refractivity contribution in [3.8, 4) is 5.75 Å². The van der Waals surface area contributed by atoms with E-state index >= 15 is 0 Å². The van der Waals surface area contributed by atoms with Crippen molar-refractivity contribution in [2.75, 3.05) is 18.5 Å². The van der Waals surface area contributed by atoms with Crippen molar-refractivity contribution in [1.29, 1.82) is 0 Å². The normalized spacial score (nSPS) is 10.1. The fraction of sp³-hybridized carbons (Fsp3) is 0.188. The lowest BCUT2D eigenvalue weighted by Crippen LogP contribution is -2.32. The molecule has 0 bridgehead atoms. The Morgan fingerprint density at radius 2 is 1.82 bits per heavy atom. The van der Waals surface area contributed by atoms with E-state index in [0.717, 1.165) is 11.3 Å². The first-order chi connectivity index (χ1) is 10.6. The van der Waals surface area contributed by atoms with Crippen molar-refractivity contribution in [3.63, 3.8) is 0 Å². The molecule has 0 aliphatic carbocycles. The zero-order valence-electron chi connectivity index (χ0n) is 12.0. The van der Waals surface area contributed by atoms with Crippen molar-refractivity contribution in [2.24, 2.45) is 0 Å². The second-order valence-corrected chi connectivity index (χ2v) is 5.46. The first-order valence-electron chi connectivity index (χ1n) is 6.74. The van der Waals surface area contributed by atoms with Gasteiger partial charge in [-0.25, -0.2) is 4.79 Å². The molecular formula is C16H16Cl2N2O2. The van der Waals surface area contributed by atoms with Crippen LogP contribution in [0.2, 0.25) is 10.0 Å². The predicted octanol–water partition coefficient (Wildman–Crippen LogP) is 4.50. The molecule has 0 aliphatic rings. The van der Waals surface area contributed by atoms with Gasteiger partial charge in [-0.1, -0.05) is 41.4 Å². The molecule has 0 heterocycles. The van der Waals surface area contributed by atoms with E-state index in [9.17, 15) is 4.79 Å². The number of anilines is 1. The molecule has 116 valence electrons. The molecule has 0 radical (unpaired) electrons. The number of hydrogen-bond acceptors (Lipinski definition) is 2. The molecule has 0 fully saturated rings. The monoisotopic (exact) mass is 338 g/mol. The standard InChI is InChI=1S/C16H16Cl2N2O2/c1-11-4-2-5-12(10-11)22-9-8-19-16(21)20-15-13(17)6-3-7-14(15)18/h2-7,10H,8-9H2,1H3,(H2,19,20,21). The van der Waals surface area contributed by atoms with Gasteiger partial charge in [0.15, 0.2) is 0 Å². The zero-order chi connectivity index (χ0) is 15.9. The maximum Gasteiger partial charge on any atom is 0.319 e. The van der Waals surface area contributed by atoms with Crippen molar-refractivity contribution in [2.45, 2.75) is 6.92 Å². The summed E-state index contributed by atoms with van der Waals surface area (Å²) < 4.78 is 5.54. The molecule has 2 amide bonds. The number of halogens is 2. The summed E-state index contributed by atoms with van der Waals surface area (Å²) in [5.41, 5.74) is 1.51. The minimum absolute atomic E-state index is 0.363. The van der Waals surface area contributed by atoms with Crippen LogP contribution in [0.3, 0.4) is 0 Å². The van der Waals surface area contributed by atoms with Gasteiger partial charge in [0.2, 0.25) is 0 Å². The van der Waals surface area contributed by atoms with Gasteiger partial charge in [0, 0.05) is 0 Å². The van der Waals surface area contributed by atoms with E-state index in [1.165, 1.54) is 0 Å². The molecule has 0 spiro atoms. The number of aryl methyl sites for hydroxylation is 1. The number of para-hydroxylation sites is 1. The number of ether oxygens (including phenoxy) is 1. The van der Waals surface area contributed by atoms with E-state index < -0.39 is 0 Å². The van der Waals surface area contributed by atoms with Gasteiger partial charge in [0.25, 0.3) is 0 Å². The van der Waals surface area contributed by atoms with Crippen LogP contribution in [0.5, 0.6) is 5.75 Å². The molecule has 0 aliphatic heterocycles. The summed E-state index contributed by atoms with van der Waals surface area (Å²) in [6, 6.07) is 12.4. The maximum atomic E-state index is 11.8. The third-order valence-corrected chi connectivity index (χ3v) is 3.48. The summed E-state index contributed by atoms with van der Waals surface area (Å²) >= 11 is 12.0. The van der Waals surface area contributed by atoms with Crippen molar-refractivity contribution >= 4 is 34.9 Å². The van der Waals surface area contributed by atoms with E-state index in [1.54, 1.807) is 18.2 Å². The van der Waals surface area contributed by atoms with E-state index in [0.29, 0.717) is 28.9 Å². The highest BCUT2D eigenvalue weighted by molar-refractivity contribution is 6.39. The van der Waals surface area contributed by atoms with Crippen molar-refractivity contribution in [3.05, 3.63) is 58.1 Å². The summed E-state index contributed by atoms with van der Waals surface area (Å²) in [6.07, 6.45) is 0. The van der Waals surface area contributed by atoms with E-state index in [4.69, 9.17) is 27.9 Å². The number of carbonyl (C=O) groups is 1. The topological polar surface area (TPSA) is 50.4 Å². The van der Waals surface area contributed by atoms with Crippen LogP contribution < -0.4 is 15.4 Å². The first kappa shape index (κ1) is 16.5. The molecule has 0 saturated carbocycles. The summed E-state index contributed by atoms with van der Waals surface area (Å²) in [7, 11) is 0. The van der Waals surface area contributed by atoms with Crippen LogP contribution in [-0.4, -0.2) is 19.2 Å². The van der Waals surface area contributed by atoms with E-state index in [2.05, 4.69) is 10.6 Å². The highest BCUT2D eigenvalue weighted by Gasteiger charge is 2.08. The average Bonchev–Trinajstić information content (AvgIpc) is 2.48. The van der Waals surface area contributed by atoms with E-state index in [1.807, 2.05) is 31.2 Å². The summed E-state index contributed by atoms with van der Waals surface area (Å²) in [5.74, 6) is 0.774. The first-order valence-corrected chi connectivity index (χ1v) is 7.50. The molecule has 4 nitrogen and oxygen atoms in total. The van der Waals surface area contributed by atoms with Gasteiger partial charge < -0.3 is 15.4 Å². The molecule has 0 aromatic heterocycles. The van der Waals surface area contributed by atoms with Gasteiger partial charge >= 0.3 is 6.03 Å². The molecule has 2 aromatic rings. The molecule has 0 atom stereocenters. The lowest BCUT2D eigenvalue weighted by atomic mass is 10.2. The third kappa shape index (κ3) is 4.83. The summed E-state index contributed by atoms with van der Waals surface area (Å²) in [5, 5.41) is 6.07. The predicted molar refractivity (Wildman–Crippen MR) is 90.2 cm³/mol. The lowest BCUT2D eigenvalue weighted by Gasteiger charge is -2.11. The molecule has 2 aromatic carbocycles. The maximum absolute atomic E-state index is 11.8. The van der Waals surface area contributed by atoms with Crippen LogP contribution in [0.25, 0.3) is 0 Å². The third-order valence-electron chi connectivity index (χ3n) is 2.85. The summed E-state index contributed by atoms with van der Waals surface area (Å²) in [4.78, 5) is 11.8. The van der Waals surface area contributed by atoms with Crippen molar-refractivity contribution < 1.29 is 9.53 Å². The number of carbonyl (C=O) groups excluding carboxylic acids is 1. The fourth-order valence-corrected chi connectivity index (χ4v) is 2.31. The fourth-order valence-electron chi connectivity index (χ4n) is 1.81. The molecule has 2 rings (SSSR count). The molecular weight excluding hydrogens is 323 g/mol. The Kier molecular flexibility index (Phi) is 5.92. The molecule has 6 heteroatoms. The minimum atomic E-state index is -0.386. The Hall–Kier alpha value is -1.91. The highest BCUT2D eigenvalue weighted by atomic mass is 35.5. The second-order valence-electron chi connectivity index (χ2n) is 4.64. The van der Waals surface area contributed by atoms with Crippen LogP contribution in [-0.2, 0) is 0 Å². The minimum Gasteiger partial charge on any atom is -0.492 e. The molecule has 0 unspecified atom stereocenters. The zero-order valence-corrected chi connectivity index (χ0v) is 13.5. The number of benzene rings is 2. The van der Waals surface area contributed by atoms with Gasteiger partial charge in [-0.2, -0.15) is 0 Å². The summed E-state index contributed by atoms with van der Waals surface area (Å²) in [6.45, 7) is 2.72. The van der Waals surface area contributed by atoms with E-state index in [-0.39, 0.29) is 6.03 Å². The number of amides is 2. The van der Waals surface area contributed by atoms with Crippen LogP contribution in [0.1, 0.15) is 5.56 Å². The molecule has 22 heavy (non-hydrogen) atoms. The van der Waals surface area contributed by atoms with Crippen LogP contribution in [0.15, 0.2) is 42.5 Å². The number of hydrogen-bond donors (Lipinski definition) is 2. The van der Waals surface area contributed by atoms with Gasteiger partial charge in [0.1, 0.15) is 12.4 Å².